The van der Waals surface area contributed by atoms with Gasteiger partial charge < -0.3 is 20.1 Å². The predicted octanol–water partition coefficient (Wildman–Crippen LogP) is 0.296. The van der Waals surface area contributed by atoms with Gasteiger partial charge in [-0.15, -0.1) is 0 Å². The van der Waals surface area contributed by atoms with E-state index in [4.69, 9.17) is 9.47 Å². The molecule has 0 spiro atoms. The lowest BCUT2D eigenvalue weighted by Gasteiger charge is -2.32. The van der Waals surface area contributed by atoms with Crippen molar-refractivity contribution < 1.29 is 14.3 Å². The van der Waals surface area contributed by atoms with Crippen molar-refractivity contribution >= 4 is 5.91 Å². The molecule has 0 aliphatic carbocycles. The van der Waals surface area contributed by atoms with Gasteiger partial charge in [0.2, 0.25) is 0 Å². The molecule has 1 amide bonds. The first-order valence-corrected chi connectivity index (χ1v) is 7.01. The number of hydrogen-bond donors (Lipinski definition) is 2. The van der Waals surface area contributed by atoms with Gasteiger partial charge in [-0.3, -0.25) is 4.79 Å². The van der Waals surface area contributed by atoms with E-state index in [0.29, 0.717) is 38.3 Å². The molecule has 0 radical (unpaired) electrons. The molecule has 2 fully saturated rings. The second-order valence-corrected chi connectivity index (χ2v) is 5.05. The Kier molecular flexibility index (Phi) is 5.41. The Bertz CT molecular complexity index is 267. The van der Waals surface area contributed by atoms with Gasteiger partial charge in [-0.25, -0.2) is 0 Å². The molecule has 3 atom stereocenters. The van der Waals surface area contributed by atoms with Gasteiger partial charge in [0.05, 0.1) is 19.8 Å². The number of rotatable bonds is 4. The lowest BCUT2D eigenvalue weighted by molar-refractivity contribution is -0.147. The molecule has 2 aliphatic rings. The first-order valence-electron chi connectivity index (χ1n) is 7.01. The van der Waals surface area contributed by atoms with Crippen LogP contribution in [0.1, 0.15) is 26.2 Å². The minimum absolute atomic E-state index is 0.0445. The van der Waals surface area contributed by atoms with Crippen LogP contribution in [0.25, 0.3) is 0 Å². The molecule has 104 valence electrons. The van der Waals surface area contributed by atoms with Crippen LogP contribution < -0.4 is 10.6 Å². The lowest BCUT2D eigenvalue weighted by Crippen LogP contribution is -2.51. The summed E-state index contributed by atoms with van der Waals surface area (Å²) in [5, 5.41) is 6.47. The van der Waals surface area contributed by atoms with Gasteiger partial charge in [0.15, 0.2) is 6.10 Å². The van der Waals surface area contributed by atoms with Gasteiger partial charge in [0.1, 0.15) is 0 Å². The summed E-state index contributed by atoms with van der Waals surface area (Å²) >= 11 is 0. The van der Waals surface area contributed by atoms with Crippen LogP contribution in [0.15, 0.2) is 0 Å². The average molecular weight is 256 g/mol. The zero-order chi connectivity index (χ0) is 12.8. The first-order chi connectivity index (χ1) is 8.81. The highest BCUT2D eigenvalue weighted by molar-refractivity contribution is 5.81. The van der Waals surface area contributed by atoms with E-state index in [9.17, 15) is 4.79 Å². The summed E-state index contributed by atoms with van der Waals surface area (Å²) in [5.41, 5.74) is 0. The maximum atomic E-state index is 11.9. The average Bonchev–Trinajstić information content (AvgIpc) is 2.46. The Morgan fingerprint density at radius 2 is 2.33 bits per heavy atom. The van der Waals surface area contributed by atoms with Crippen molar-refractivity contribution in [2.45, 2.75) is 38.3 Å². The van der Waals surface area contributed by atoms with Crippen LogP contribution in [0.5, 0.6) is 0 Å². The van der Waals surface area contributed by atoms with E-state index in [2.05, 4.69) is 17.6 Å². The molecular weight excluding hydrogens is 232 g/mol. The molecule has 0 aromatic heterocycles. The summed E-state index contributed by atoms with van der Waals surface area (Å²) in [4.78, 5) is 11.9. The topological polar surface area (TPSA) is 59.6 Å². The number of piperidine rings is 1. The molecule has 5 nitrogen and oxygen atoms in total. The molecular formula is C13H24N2O3. The normalized spacial score (nSPS) is 33.1. The number of nitrogens with one attached hydrogen (secondary N) is 2. The van der Waals surface area contributed by atoms with Crippen molar-refractivity contribution in [3.05, 3.63) is 0 Å². The molecule has 2 saturated heterocycles. The van der Waals surface area contributed by atoms with E-state index in [0.717, 1.165) is 13.0 Å². The Morgan fingerprint density at radius 1 is 1.44 bits per heavy atom. The SMILES string of the molecule is CCC1CCCNC1CNC(=O)C1COCCO1. The van der Waals surface area contributed by atoms with Gasteiger partial charge >= 0.3 is 0 Å². The van der Waals surface area contributed by atoms with E-state index in [-0.39, 0.29) is 5.91 Å². The quantitative estimate of drug-likeness (QED) is 0.759. The van der Waals surface area contributed by atoms with Gasteiger partial charge in [0, 0.05) is 12.6 Å². The highest BCUT2D eigenvalue weighted by Gasteiger charge is 2.26. The molecule has 2 heterocycles. The summed E-state index contributed by atoms with van der Waals surface area (Å²) in [7, 11) is 0. The van der Waals surface area contributed by atoms with Crippen LogP contribution in [0.3, 0.4) is 0 Å². The number of amides is 1. The molecule has 3 unspecified atom stereocenters. The van der Waals surface area contributed by atoms with E-state index >= 15 is 0 Å². The summed E-state index contributed by atoms with van der Waals surface area (Å²) in [6.45, 7) is 5.44. The van der Waals surface area contributed by atoms with E-state index < -0.39 is 6.10 Å². The highest BCUT2D eigenvalue weighted by atomic mass is 16.6. The third-order valence-corrected chi connectivity index (χ3v) is 3.86. The molecule has 5 heteroatoms. The Labute approximate surface area is 109 Å². The van der Waals surface area contributed by atoms with Crippen LogP contribution >= 0.6 is 0 Å². The molecule has 0 bridgehead atoms. The number of hydrogen-bond acceptors (Lipinski definition) is 4. The zero-order valence-electron chi connectivity index (χ0n) is 11.1. The Hall–Kier alpha value is -0.650. The minimum atomic E-state index is -0.428. The number of ether oxygens (including phenoxy) is 2. The van der Waals surface area contributed by atoms with E-state index in [1.807, 2.05) is 0 Å². The second-order valence-electron chi connectivity index (χ2n) is 5.05. The van der Waals surface area contributed by atoms with Gasteiger partial charge in [-0.05, 0) is 25.3 Å². The molecule has 0 aromatic rings. The summed E-state index contributed by atoms with van der Waals surface area (Å²) in [5.74, 6) is 0.625. The maximum absolute atomic E-state index is 11.9. The summed E-state index contributed by atoms with van der Waals surface area (Å²) in [6.07, 6.45) is 3.23. The molecule has 0 aromatic carbocycles. The Morgan fingerprint density at radius 3 is 3.06 bits per heavy atom. The van der Waals surface area contributed by atoms with Crippen molar-refractivity contribution in [3.8, 4) is 0 Å². The Balaban J connectivity index is 1.73. The van der Waals surface area contributed by atoms with Crippen LogP contribution in [-0.4, -0.2) is 51.0 Å². The van der Waals surface area contributed by atoms with Crippen molar-refractivity contribution in [3.63, 3.8) is 0 Å². The smallest absolute Gasteiger partial charge is 0.251 e. The van der Waals surface area contributed by atoms with Crippen LogP contribution in [0.4, 0.5) is 0 Å². The van der Waals surface area contributed by atoms with Crippen molar-refractivity contribution in [1.29, 1.82) is 0 Å². The van der Waals surface area contributed by atoms with Crippen LogP contribution in [-0.2, 0) is 14.3 Å². The number of carbonyl (C=O) groups excluding carboxylic acids is 1. The van der Waals surface area contributed by atoms with Crippen molar-refractivity contribution in [1.82, 2.24) is 10.6 Å². The third-order valence-electron chi connectivity index (χ3n) is 3.86. The van der Waals surface area contributed by atoms with E-state index in [1.165, 1.54) is 12.8 Å². The molecule has 0 saturated carbocycles. The zero-order valence-corrected chi connectivity index (χ0v) is 11.1. The van der Waals surface area contributed by atoms with Gasteiger partial charge in [-0.1, -0.05) is 13.3 Å². The van der Waals surface area contributed by atoms with Gasteiger partial charge in [-0.2, -0.15) is 0 Å². The van der Waals surface area contributed by atoms with Gasteiger partial charge in [0.25, 0.3) is 5.91 Å². The standard InChI is InChI=1S/C13H24N2O3/c1-2-10-4-3-5-14-11(10)8-15-13(16)12-9-17-6-7-18-12/h10-12,14H,2-9H2,1H3,(H,15,16). The predicted molar refractivity (Wildman–Crippen MR) is 68.4 cm³/mol. The maximum Gasteiger partial charge on any atom is 0.251 e. The molecule has 18 heavy (non-hydrogen) atoms. The summed E-state index contributed by atoms with van der Waals surface area (Å²) < 4.78 is 10.6. The van der Waals surface area contributed by atoms with Crippen LogP contribution in [0.2, 0.25) is 0 Å². The minimum Gasteiger partial charge on any atom is -0.376 e. The largest absolute Gasteiger partial charge is 0.376 e. The summed E-state index contributed by atoms with van der Waals surface area (Å²) in [6, 6.07) is 0.400. The molecule has 2 aliphatic heterocycles. The monoisotopic (exact) mass is 256 g/mol. The van der Waals surface area contributed by atoms with E-state index in [1.54, 1.807) is 0 Å². The molecule has 2 rings (SSSR count). The third kappa shape index (κ3) is 3.67. The van der Waals surface area contributed by atoms with Crippen molar-refractivity contribution in [2.24, 2.45) is 5.92 Å². The van der Waals surface area contributed by atoms with Crippen molar-refractivity contribution in [2.75, 3.05) is 32.9 Å². The lowest BCUT2D eigenvalue weighted by atomic mass is 9.88. The second kappa shape index (κ2) is 7.07. The fraction of sp³-hybridized carbons (Fsp3) is 0.923. The molecule has 2 N–H and O–H groups in total. The first kappa shape index (κ1) is 13.8. The highest BCUT2D eigenvalue weighted by Crippen LogP contribution is 2.19. The fourth-order valence-electron chi connectivity index (χ4n) is 2.71. The number of carbonyl (C=O) groups is 1. The van der Waals surface area contributed by atoms with Crippen LogP contribution in [0, 0.1) is 5.92 Å². The fourth-order valence-corrected chi connectivity index (χ4v) is 2.71.